The van der Waals surface area contributed by atoms with Gasteiger partial charge in [-0.2, -0.15) is 0 Å². The summed E-state index contributed by atoms with van der Waals surface area (Å²) in [4.78, 5) is 7.16. The Morgan fingerprint density at radius 1 is 0.742 bits per heavy atom. The van der Waals surface area contributed by atoms with Crippen LogP contribution in [0.25, 0.3) is 43.6 Å². The molecule has 31 heavy (non-hydrogen) atoms. The van der Waals surface area contributed by atoms with Crippen molar-refractivity contribution in [2.45, 2.75) is 38.5 Å². The molecule has 5 heteroatoms. The van der Waals surface area contributed by atoms with Gasteiger partial charge in [0.15, 0.2) is 5.75 Å². The van der Waals surface area contributed by atoms with E-state index in [1.165, 1.54) is 32.1 Å². The quantitative estimate of drug-likeness (QED) is 0.282. The highest BCUT2D eigenvalue weighted by Gasteiger charge is 2.19. The Hall–Kier alpha value is -2.36. The third kappa shape index (κ3) is 3.35. The molecular weight excluding hydrogens is 427 g/mol. The van der Waals surface area contributed by atoms with E-state index < -0.39 is 0 Å². The van der Waals surface area contributed by atoms with Gasteiger partial charge in [0, 0.05) is 42.6 Å². The monoisotopic (exact) mass is 450 g/mol. The first-order valence-corrected chi connectivity index (χ1v) is 11.9. The van der Waals surface area contributed by atoms with Crippen LogP contribution in [0.2, 0.25) is 10.0 Å². The van der Waals surface area contributed by atoms with Gasteiger partial charge >= 0.3 is 0 Å². The summed E-state index contributed by atoms with van der Waals surface area (Å²) >= 11 is 12.7. The molecule has 0 atom stereocenters. The zero-order valence-corrected chi connectivity index (χ0v) is 18.7. The van der Waals surface area contributed by atoms with Gasteiger partial charge < -0.3 is 14.7 Å². The predicted molar refractivity (Wildman–Crippen MR) is 132 cm³/mol. The molecule has 1 fully saturated rings. The van der Waals surface area contributed by atoms with Gasteiger partial charge in [0.1, 0.15) is 0 Å². The fraction of sp³-hybridized carbons (Fsp3) is 0.308. The van der Waals surface area contributed by atoms with E-state index in [0.29, 0.717) is 0 Å². The minimum Gasteiger partial charge on any atom is -0.489 e. The number of halogens is 2. The second-order valence-electron chi connectivity index (χ2n) is 8.82. The summed E-state index contributed by atoms with van der Waals surface area (Å²) in [5.74, 6) is 1.68. The first-order chi connectivity index (χ1) is 15.2. The molecule has 2 N–H and O–H groups in total. The Morgan fingerprint density at radius 2 is 1.32 bits per heavy atom. The number of benzene rings is 3. The number of hydrogen-bond acceptors (Lipinski definition) is 1. The molecular formula is C26H24Cl2N2O. The van der Waals surface area contributed by atoms with Crippen LogP contribution in [0.15, 0.2) is 42.5 Å². The van der Waals surface area contributed by atoms with Crippen molar-refractivity contribution in [2.75, 3.05) is 6.61 Å². The Morgan fingerprint density at radius 3 is 1.90 bits per heavy atom. The summed E-state index contributed by atoms with van der Waals surface area (Å²) in [7, 11) is 0. The summed E-state index contributed by atoms with van der Waals surface area (Å²) in [6, 6.07) is 14.2. The lowest BCUT2D eigenvalue weighted by Crippen LogP contribution is -2.11. The van der Waals surface area contributed by atoms with Gasteiger partial charge in [-0.1, -0.05) is 55.3 Å². The standard InChI is InChI=1S/C26H24Cl2N2O/c27-16-6-8-22-18(12-16)20-14-21-19-13-17(28)7-9-23(19)30-25(21)26(24(20)29-22)31-11-10-15-4-2-1-3-5-15/h6-9,12-15,29-30H,1-5,10-11H2. The van der Waals surface area contributed by atoms with Crippen LogP contribution >= 0.6 is 23.2 Å². The summed E-state index contributed by atoms with van der Waals surface area (Å²) in [6.07, 6.45) is 7.87. The number of H-pyrrole nitrogens is 2. The molecule has 1 aliphatic rings. The number of aromatic amines is 2. The molecule has 5 aromatic rings. The molecule has 3 nitrogen and oxygen atoms in total. The molecule has 3 aromatic carbocycles. The van der Waals surface area contributed by atoms with Gasteiger partial charge in [-0.05, 0) is 54.8 Å². The second-order valence-corrected chi connectivity index (χ2v) is 9.69. The molecule has 158 valence electrons. The number of rotatable bonds is 4. The molecule has 0 radical (unpaired) electrons. The smallest absolute Gasteiger partial charge is 0.167 e. The fourth-order valence-corrected chi connectivity index (χ4v) is 5.59. The van der Waals surface area contributed by atoms with Gasteiger partial charge in [-0.3, -0.25) is 0 Å². The van der Waals surface area contributed by atoms with E-state index in [2.05, 4.69) is 16.0 Å². The van der Waals surface area contributed by atoms with Crippen LogP contribution in [0.3, 0.4) is 0 Å². The first-order valence-electron chi connectivity index (χ1n) is 11.1. The van der Waals surface area contributed by atoms with Crippen LogP contribution in [0.5, 0.6) is 5.75 Å². The van der Waals surface area contributed by atoms with Crippen molar-refractivity contribution in [3.63, 3.8) is 0 Å². The maximum absolute atomic E-state index is 6.53. The summed E-state index contributed by atoms with van der Waals surface area (Å²) in [5, 5.41) is 5.93. The topological polar surface area (TPSA) is 40.8 Å². The minimum absolute atomic E-state index is 0.727. The lowest BCUT2D eigenvalue weighted by Gasteiger charge is -2.21. The highest BCUT2D eigenvalue weighted by atomic mass is 35.5. The van der Waals surface area contributed by atoms with Crippen molar-refractivity contribution in [2.24, 2.45) is 5.92 Å². The highest BCUT2D eigenvalue weighted by Crippen LogP contribution is 2.42. The minimum atomic E-state index is 0.727. The van der Waals surface area contributed by atoms with Crippen molar-refractivity contribution >= 4 is 66.8 Å². The van der Waals surface area contributed by atoms with Gasteiger partial charge in [-0.15, -0.1) is 0 Å². The van der Waals surface area contributed by atoms with Gasteiger partial charge in [0.2, 0.25) is 0 Å². The summed E-state index contributed by atoms with van der Waals surface area (Å²) in [5.41, 5.74) is 4.16. The third-order valence-electron chi connectivity index (χ3n) is 6.84. The second kappa shape index (κ2) is 7.65. The van der Waals surface area contributed by atoms with Crippen LogP contribution in [0.4, 0.5) is 0 Å². The van der Waals surface area contributed by atoms with Gasteiger partial charge in [0.05, 0.1) is 17.6 Å². The van der Waals surface area contributed by atoms with Crippen molar-refractivity contribution in [3.8, 4) is 5.75 Å². The normalized spacial score (nSPS) is 15.5. The van der Waals surface area contributed by atoms with Crippen molar-refractivity contribution in [1.82, 2.24) is 9.97 Å². The summed E-state index contributed by atoms with van der Waals surface area (Å²) in [6.45, 7) is 0.727. The predicted octanol–water partition coefficient (Wildman–Crippen LogP) is 8.61. The van der Waals surface area contributed by atoms with Gasteiger partial charge in [-0.25, -0.2) is 0 Å². The third-order valence-corrected chi connectivity index (χ3v) is 7.31. The largest absolute Gasteiger partial charge is 0.489 e. The Bertz CT molecular complexity index is 1330. The molecule has 0 spiro atoms. The number of ether oxygens (including phenoxy) is 1. The van der Waals surface area contributed by atoms with Crippen LogP contribution in [-0.2, 0) is 0 Å². The molecule has 0 unspecified atom stereocenters. The fourth-order valence-electron chi connectivity index (χ4n) is 5.25. The zero-order valence-electron chi connectivity index (χ0n) is 17.2. The molecule has 0 amide bonds. The van der Waals surface area contributed by atoms with Gasteiger partial charge in [0.25, 0.3) is 0 Å². The molecule has 1 saturated carbocycles. The Labute approximate surface area is 190 Å². The molecule has 0 aliphatic heterocycles. The van der Waals surface area contributed by atoms with E-state index in [1.807, 2.05) is 36.4 Å². The van der Waals surface area contributed by atoms with Crippen molar-refractivity contribution < 1.29 is 4.74 Å². The number of hydrogen-bond donors (Lipinski definition) is 2. The van der Waals surface area contributed by atoms with E-state index in [9.17, 15) is 0 Å². The van der Waals surface area contributed by atoms with Crippen LogP contribution in [0.1, 0.15) is 38.5 Å². The zero-order chi connectivity index (χ0) is 20.9. The number of aromatic nitrogens is 2. The molecule has 2 aromatic heterocycles. The summed E-state index contributed by atoms with van der Waals surface area (Å²) < 4.78 is 6.53. The highest BCUT2D eigenvalue weighted by molar-refractivity contribution is 6.33. The Balaban J connectivity index is 1.53. The van der Waals surface area contributed by atoms with Crippen molar-refractivity contribution in [3.05, 3.63) is 52.5 Å². The lowest BCUT2D eigenvalue weighted by molar-refractivity contribution is 0.249. The van der Waals surface area contributed by atoms with Crippen molar-refractivity contribution in [1.29, 1.82) is 0 Å². The van der Waals surface area contributed by atoms with Crippen LogP contribution < -0.4 is 4.74 Å². The average Bonchev–Trinajstić information content (AvgIpc) is 3.32. The first kappa shape index (κ1) is 19.3. The maximum atomic E-state index is 6.53. The van der Waals surface area contributed by atoms with E-state index in [-0.39, 0.29) is 0 Å². The molecule has 0 saturated heterocycles. The van der Waals surface area contributed by atoms with E-state index in [1.54, 1.807) is 0 Å². The molecule has 1 aliphatic carbocycles. The van der Waals surface area contributed by atoms with E-state index in [4.69, 9.17) is 27.9 Å². The van der Waals surface area contributed by atoms with Crippen LogP contribution in [-0.4, -0.2) is 16.6 Å². The van der Waals surface area contributed by atoms with E-state index >= 15 is 0 Å². The average molecular weight is 451 g/mol. The lowest BCUT2D eigenvalue weighted by atomic mass is 9.87. The van der Waals surface area contributed by atoms with E-state index in [0.717, 1.165) is 78.4 Å². The Kier molecular flexibility index (Phi) is 4.77. The molecule has 0 bridgehead atoms. The SMILES string of the molecule is Clc1ccc2[nH]c3c(OCCC4CCCCC4)c4[nH]c5ccc(Cl)cc5c4cc3c2c1. The molecule has 6 rings (SSSR count). The maximum Gasteiger partial charge on any atom is 0.167 e. The molecule has 2 heterocycles. The number of fused-ring (bicyclic) bond motifs is 6. The van der Waals surface area contributed by atoms with Crippen LogP contribution in [0, 0.1) is 5.92 Å². The number of nitrogens with one attached hydrogen (secondary N) is 2.